The van der Waals surface area contributed by atoms with Crippen LogP contribution in [0.15, 0.2) is 49.6 Å². The fourth-order valence-corrected chi connectivity index (χ4v) is 2.25. The Morgan fingerprint density at radius 3 is 1.95 bits per heavy atom. The van der Waals surface area contributed by atoms with Gasteiger partial charge in [-0.25, -0.2) is 0 Å². The molecule has 21 heavy (non-hydrogen) atoms. The lowest BCUT2D eigenvalue weighted by molar-refractivity contribution is 1.13. The van der Waals surface area contributed by atoms with Gasteiger partial charge in [0.25, 0.3) is 0 Å². The molecule has 0 saturated carbocycles. The Balaban J connectivity index is 0.000000211. The van der Waals surface area contributed by atoms with Gasteiger partial charge in [0.05, 0.1) is 0 Å². The summed E-state index contributed by atoms with van der Waals surface area (Å²) in [5, 5.41) is 0. The van der Waals surface area contributed by atoms with Crippen LogP contribution in [0.2, 0.25) is 0 Å². The van der Waals surface area contributed by atoms with E-state index in [0.29, 0.717) is 0 Å². The molecule has 0 amide bonds. The number of hydrogen-bond acceptors (Lipinski definition) is 0. The second kappa shape index (κ2) is 8.26. The largest absolute Gasteiger partial charge is 0.0985 e. The molecule has 0 atom stereocenters. The summed E-state index contributed by atoms with van der Waals surface area (Å²) in [5.74, 6) is 0. The second-order valence-electron chi connectivity index (χ2n) is 5.18. The maximum atomic E-state index is 3.76. The number of rotatable bonds is 3. The zero-order chi connectivity index (χ0) is 15.8. The smallest absolute Gasteiger partial charge is 0.0230 e. The Morgan fingerprint density at radius 2 is 1.43 bits per heavy atom. The summed E-state index contributed by atoms with van der Waals surface area (Å²) < 4.78 is 0. The first-order chi connectivity index (χ1) is 10.0. The molecule has 2 aromatic carbocycles. The molecule has 0 fully saturated rings. The lowest BCUT2D eigenvalue weighted by atomic mass is 9.99. The van der Waals surface area contributed by atoms with E-state index in [1.807, 2.05) is 18.2 Å². The average molecular weight is 278 g/mol. The van der Waals surface area contributed by atoms with Crippen LogP contribution in [0.4, 0.5) is 0 Å². The molecule has 0 bridgehead atoms. The van der Waals surface area contributed by atoms with Crippen molar-refractivity contribution in [3.05, 3.63) is 82.9 Å². The summed E-state index contributed by atoms with van der Waals surface area (Å²) in [7, 11) is 0. The van der Waals surface area contributed by atoms with Crippen LogP contribution in [-0.4, -0.2) is 0 Å². The molecule has 110 valence electrons. The highest BCUT2D eigenvalue weighted by atomic mass is 14.0. The fraction of sp³-hybridized carbons (Fsp3) is 0.238. The van der Waals surface area contributed by atoms with Crippen molar-refractivity contribution in [1.29, 1.82) is 0 Å². The van der Waals surface area contributed by atoms with Crippen molar-refractivity contribution in [3.63, 3.8) is 0 Å². The molecule has 0 aliphatic rings. The Kier molecular flexibility index (Phi) is 6.68. The highest BCUT2D eigenvalue weighted by molar-refractivity contribution is 5.55. The van der Waals surface area contributed by atoms with Crippen LogP contribution in [0.1, 0.15) is 40.3 Å². The van der Waals surface area contributed by atoms with Crippen LogP contribution in [0.5, 0.6) is 0 Å². The van der Waals surface area contributed by atoms with E-state index in [-0.39, 0.29) is 0 Å². The summed E-state index contributed by atoms with van der Waals surface area (Å²) in [5.41, 5.74) is 7.95. The van der Waals surface area contributed by atoms with Crippen LogP contribution >= 0.6 is 0 Å². The summed E-state index contributed by atoms with van der Waals surface area (Å²) in [6.07, 6.45) is 4.89. The molecular formula is C21H26. The molecule has 0 unspecified atom stereocenters. The van der Waals surface area contributed by atoms with Gasteiger partial charge in [0.2, 0.25) is 0 Å². The van der Waals surface area contributed by atoms with Gasteiger partial charge in [-0.3, -0.25) is 0 Å². The quantitative estimate of drug-likeness (QED) is 0.632. The van der Waals surface area contributed by atoms with Gasteiger partial charge >= 0.3 is 0 Å². The summed E-state index contributed by atoms with van der Waals surface area (Å²) in [6.45, 7) is 16.1. The molecule has 0 N–H and O–H groups in total. The van der Waals surface area contributed by atoms with Crippen molar-refractivity contribution < 1.29 is 0 Å². The first-order valence-electron chi connectivity index (χ1n) is 7.44. The third kappa shape index (κ3) is 4.46. The predicted molar refractivity (Wildman–Crippen MR) is 96.7 cm³/mol. The minimum atomic E-state index is 1.09. The van der Waals surface area contributed by atoms with Crippen LogP contribution < -0.4 is 0 Å². The second-order valence-corrected chi connectivity index (χ2v) is 5.18. The van der Waals surface area contributed by atoms with Crippen molar-refractivity contribution in [2.24, 2.45) is 0 Å². The van der Waals surface area contributed by atoms with E-state index in [2.05, 4.69) is 71.2 Å². The number of hydrogen-bond donors (Lipinski definition) is 0. The molecule has 0 aromatic heterocycles. The van der Waals surface area contributed by atoms with E-state index < -0.39 is 0 Å². The van der Waals surface area contributed by atoms with Crippen LogP contribution in [0.25, 0.3) is 12.2 Å². The predicted octanol–water partition coefficient (Wildman–Crippen LogP) is 6.15. The van der Waals surface area contributed by atoms with Gasteiger partial charge in [0.15, 0.2) is 0 Å². The molecule has 0 heterocycles. The third-order valence-corrected chi connectivity index (χ3v) is 3.98. The summed E-state index contributed by atoms with van der Waals surface area (Å²) >= 11 is 0. The summed E-state index contributed by atoms with van der Waals surface area (Å²) in [4.78, 5) is 0. The van der Waals surface area contributed by atoms with E-state index in [1.165, 1.54) is 33.4 Å². The molecule has 0 spiro atoms. The van der Waals surface area contributed by atoms with Crippen molar-refractivity contribution in [2.75, 3.05) is 0 Å². The topological polar surface area (TPSA) is 0 Å². The Labute approximate surface area is 129 Å². The molecule has 0 nitrogen and oxygen atoms in total. The maximum Gasteiger partial charge on any atom is -0.0230 e. The molecule has 0 saturated heterocycles. The van der Waals surface area contributed by atoms with E-state index in [1.54, 1.807) is 0 Å². The first kappa shape index (κ1) is 17.0. The van der Waals surface area contributed by atoms with E-state index in [4.69, 9.17) is 0 Å². The van der Waals surface area contributed by atoms with E-state index in [9.17, 15) is 0 Å². The van der Waals surface area contributed by atoms with E-state index >= 15 is 0 Å². The number of benzene rings is 2. The lowest BCUT2D eigenvalue weighted by Crippen LogP contribution is -1.88. The molecule has 0 radical (unpaired) electrons. The Bertz CT molecular complexity index is 618. The van der Waals surface area contributed by atoms with Crippen molar-refractivity contribution in [2.45, 2.75) is 34.1 Å². The highest BCUT2D eigenvalue weighted by Gasteiger charge is 1.99. The minimum absolute atomic E-state index is 1.09. The van der Waals surface area contributed by atoms with E-state index in [0.717, 1.165) is 6.42 Å². The lowest BCUT2D eigenvalue weighted by Gasteiger charge is -2.06. The van der Waals surface area contributed by atoms with Crippen LogP contribution in [0, 0.1) is 20.8 Å². The zero-order valence-electron chi connectivity index (χ0n) is 13.7. The maximum absolute atomic E-state index is 3.76. The van der Waals surface area contributed by atoms with Crippen molar-refractivity contribution in [1.82, 2.24) is 0 Å². The van der Waals surface area contributed by atoms with Gasteiger partial charge in [-0.1, -0.05) is 68.6 Å². The SMILES string of the molecule is C=Cc1ccc(C)c(C)c1C.C=Cc1ccccc1CC. The van der Waals surface area contributed by atoms with Crippen molar-refractivity contribution in [3.8, 4) is 0 Å². The molecule has 0 heteroatoms. The Morgan fingerprint density at radius 1 is 0.810 bits per heavy atom. The normalized spacial score (nSPS) is 9.52. The van der Waals surface area contributed by atoms with Gasteiger partial charge in [0.1, 0.15) is 0 Å². The average Bonchev–Trinajstić information content (AvgIpc) is 2.53. The summed E-state index contributed by atoms with van der Waals surface area (Å²) in [6, 6.07) is 12.6. The third-order valence-electron chi connectivity index (χ3n) is 3.98. The first-order valence-corrected chi connectivity index (χ1v) is 7.44. The van der Waals surface area contributed by atoms with Gasteiger partial charge < -0.3 is 0 Å². The molecule has 0 aliphatic heterocycles. The minimum Gasteiger partial charge on any atom is -0.0985 e. The van der Waals surface area contributed by atoms with Gasteiger partial charge in [-0.2, -0.15) is 0 Å². The van der Waals surface area contributed by atoms with Gasteiger partial charge in [-0.15, -0.1) is 0 Å². The fourth-order valence-electron chi connectivity index (χ4n) is 2.25. The van der Waals surface area contributed by atoms with Gasteiger partial charge in [-0.05, 0) is 60.6 Å². The Hall–Kier alpha value is -2.08. The highest BCUT2D eigenvalue weighted by Crippen LogP contribution is 2.17. The molecular weight excluding hydrogens is 252 g/mol. The van der Waals surface area contributed by atoms with Crippen molar-refractivity contribution >= 4 is 12.2 Å². The molecule has 2 rings (SSSR count). The zero-order valence-corrected chi connectivity index (χ0v) is 13.7. The van der Waals surface area contributed by atoms with Gasteiger partial charge in [0, 0.05) is 0 Å². The standard InChI is InChI=1S/C11H14.C10H12/c1-5-11-7-6-8(2)9(3)10(11)4;1-3-9-7-5-6-8-10(9)4-2/h5-7H,1H2,2-4H3;3,5-8H,1,4H2,2H3. The molecule has 0 aliphatic carbocycles. The molecule has 2 aromatic rings. The van der Waals surface area contributed by atoms with Crippen LogP contribution in [0.3, 0.4) is 0 Å². The van der Waals surface area contributed by atoms with Crippen LogP contribution in [-0.2, 0) is 6.42 Å². The monoisotopic (exact) mass is 278 g/mol. The number of aryl methyl sites for hydroxylation is 2.